The zero-order valence-electron chi connectivity index (χ0n) is 15.4. The number of nitrogens with zero attached hydrogens (tertiary/aromatic N) is 2. The van der Waals surface area contributed by atoms with E-state index in [2.05, 4.69) is 41.6 Å². The summed E-state index contributed by atoms with van der Waals surface area (Å²) in [5.74, 6) is 0.0471. The van der Waals surface area contributed by atoms with Crippen LogP contribution in [-0.2, 0) is 24.2 Å². The first-order chi connectivity index (χ1) is 13.1. The molecular weight excluding hydrogens is 345 g/mol. The summed E-state index contributed by atoms with van der Waals surface area (Å²) >= 11 is 0. The molecule has 0 fully saturated rings. The molecule has 2 aromatic carbocycles. The normalized spacial score (nSPS) is 10.6. The van der Waals surface area contributed by atoms with Gasteiger partial charge in [-0.1, -0.05) is 37.3 Å². The van der Waals surface area contributed by atoms with Crippen LogP contribution in [0.3, 0.4) is 0 Å². The monoisotopic (exact) mass is 367 g/mol. The fourth-order valence-electron chi connectivity index (χ4n) is 2.81. The van der Waals surface area contributed by atoms with Gasteiger partial charge in [-0.25, -0.2) is 9.07 Å². The summed E-state index contributed by atoms with van der Waals surface area (Å²) in [5.41, 5.74) is 2.95. The number of aryl methyl sites for hydroxylation is 1. The Hall–Kier alpha value is -3.15. The lowest BCUT2D eigenvalue weighted by molar-refractivity contribution is -0.115. The Balaban J connectivity index is 1.64. The Kier molecular flexibility index (Phi) is 5.86. The summed E-state index contributed by atoms with van der Waals surface area (Å²) in [7, 11) is 1.40. The first-order valence-corrected chi connectivity index (χ1v) is 8.81. The highest BCUT2D eigenvalue weighted by Crippen LogP contribution is 2.18. The second-order valence-electron chi connectivity index (χ2n) is 6.24. The maximum atomic E-state index is 13.8. The summed E-state index contributed by atoms with van der Waals surface area (Å²) in [5, 5.41) is 7.11. The van der Waals surface area contributed by atoms with Crippen LogP contribution >= 0.6 is 0 Å². The molecule has 0 saturated heterocycles. The summed E-state index contributed by atoms with van der Waals surface area (Å²) in [6, 6.07) is 14.6. The van der Waals surface area contributed by atoms with E-state index in [-0.39, 0.29) is 18.1 Å². The molecule has 1 N–H and O–H groups in total. The fourth-order valence-corrected chi connectivity index (χ4v) is 2.81. The maximum absolute atomic E-state index is 13.8. The average molecular weight is 367 g/mol. The molecule has 0 bridgehead atoms. The van der Waals surface area contributed by atoms with Crippen LogP contribution in [-0.4, -0.2) is 22.8 Å². The number of hydrogen-bond acceptors (Lipinski definition) is 3. The summed E-state index contributed by atoms with van der Waals surface area (Å²) in [4.78, 5) is 12.3. The van der Waals surface area contributed by atoms with Crippen molar-refractivity contribution in [3.05, 3.63) is 77.2 Å². The van der Waals surface area contributed by atoms with E-state index in [9.17, 15) is 9.18 Å². The fraction of sp³-hybridized carbons (Fsp3) is 0.238. The average Bonchev–Trinajstić information content (AvgIpc) is 3.09. The Bertz CT molecular complexity index is 919. The van der Waals surface area contributed by atoms with Crippen molar-refractivity contribution < 1.29 is 13.9 Å². The standard InChI is InChI=1S/C21H22FN3O2/c1-3-15-4-6-16(7-5-15)14-25-20(10-11-23-25)24-21(26)13-17-8-9-19(27-2)18(22)12-17/h4-12H,3,13-14H2,1-2H3,(H,24,26). The zero-order chi connectivity index (χ0) is 19.2. The van der Waals surface area contributed by atoms with E-state index < -0.39 is 5.82 Å². The number of carbonyl (C=O) groups excluding carboxylic acids is 1. The minimum atomic E-state index is -0.483. The molecule has 3 aromatic rings. The van der Waals surface area contributed by atoms with E-state index in [1.54, 1.807) is 23.0 Å². The molecule has 0 atom stereocenters. The van der Waals surface area contributed by atoms with Gasteiger partial charge in [-0.15, -0.1) is 0 Å². The number of benzene rings is 2. The molecule has 3 rings (SSSR count). The van der Waals surface area contributed by atoms with Gasteiger partial charge in [0.05, 0.1) is 26.3 Å². The van der Waals surface area contributed by atoms with Crippen LogP contribution in [0.1, 0.15) is 23.6 Å². The number of amides is 1. The lowest BCUT2D eigenvalue weighted by Gasteiger charge is -2.10. The third-order valence-electron chi connectivity index (χ3n) is 4.33. The number of halogens is 1. The molecule has 0 aliphatic carbocycles. The molecule has 5 nitrogen and oxygen atoms in total. The van der Waals surface area contributed by atoms with E-state index in [0.29, 0.717) is 17.9 Å². The largest absolute Gasteiger partial charge is 0.494 e. The van der Waals surface area contributed by atoms with E-state index in [0.717, 1.165) is 12.0 Å². The number of nitrogens with one attached hydrogen (secondary N) is 1. The molecule has 1 amide bonds. The predicted octanol–water partition coefficient (Wildman–Crippen LogP) is 3.82. The van der Waals surface area contributed by atoms with Gasteiger partial charge < -0.3 is 10.1 Å². The molecule has 1 heterocycles. The van der Waals surface area contributed by atoms with Gasteiger partial charge in [0.2, 0.25) is 5.91 Å². The smallest absolute Gasteiger partial charge is 0.229 e. The maximum Gasteiger partial charge on any atom is 0.229 e. The number of hydrogen-bond donors (Lipinski definition) is 1. The summed E-state index contributed by atoms with van der Waals surface area (Å²) in [6.45, 7) is 2.68. The quantitative estimate of drug-likeness (QED) is 0.691. The first kappa shape index (κ1) is 18.6. The van der Waals surface area contributed by atoms with Crippen molar-refractivity contribution in [2.75, 3.05) is 12.4 Å². The molecule has 1 aromatic heterocycles. The lowest BCUT2D eigenvalue weighted by atomic mass is 10.1. The molecule has 27 heavy (non-hydrogen) atoms. The van der Waals surface area contributed by atoms with Crippen LogP contribution in [0.2, 0.25) is 0 Å². The van der Waals surface area contributed by atoms with Crippen LogP contribution in [0.15, 0.2) is 54.7 Å². The number of aromatic nitrogens is 2. The van der Waals surface area contributed by atoms with Crippen molar-refractivity contribution >= 4 is 11.7 Å². The van der Waals surface area contributed by atoms with Crippen LogP contribution in [0.25, 0.3) is 0 Å². The van der Waals surface area contributed by atoms with Crippen molar-refractivity contribution in [2.45, 2.75) is 26.3 Å². The van der Waals surface area contributed by atoms with Gasteiger partial charge in [0.25, 0.3) is 0 Å². The molecule has 140 valence electrons. The lowest BCUT2D eigenvalue weighted by Crippen LogP contribution is -2.18. The van der Waals surface area contributed by atoms with Crippen LogP contribution in [0, 0.1) is 5.82 Å². The van der Waals surface area contributed by atoms with Crippen molar-refractivity contribution in [3.8, 4) is 5.75 Å². The number of methoxy groups -OCH3 is 1. The second-order valence-corrected chi connectivity index (χ2v) is 6.24. The minimum absolute atomic E-state index is 0.0668. The van der Waals surface area contributed by atoms with E-state index in [4.69, 9.17) is 4.74 Å². The SMILES string of the molecule is CCc1ccc(Cn2nccc2NC(=O)Cc2ccc(OC)c(F)c2)cc1. The molecular formula is C21H22FN3O2. The van der Waals surface area contributed by atoms with Gasteiger partial charge in [-0.3, -0.25) is 4.79 Å². The van der Waals surface area contributed by atoms with Gasteiger partial charge in [-0.05, 0) is 35.2 Å². The van der Waals surface area contributed by atoms with E-state index in [1.165, 1.54) is 24.8 Å². The molecule has 0 spiro atoms. The van der Waals surface area contributed by atoms with Gasteiger partial charge in [-0.2, -0.15) is 5.10 Å². The molecule has 0 unspecified atom stereocenters. The third kappa shape index (κ3) is 4.73. The number of anilines is 1. The molecule has 0 aliphatic heterocycles. The van der Waals surface area contributed by atoms with Crippen molar-refractivity contribution in [3.63, 3.8) is 0 Å². The van der Waals surface area contributed by atoms with Crippen LogP contribution in [0.4, 0.5) is 10.2 Å². The summed E-state index contributed by atoms with van der Waals surface area (Å²) < 4.78 is 20.4. The highest BCUT2D eigenvalue weighted by atomic mass is 19.1. The topological polar surface area (TPSA) is 56.2 Å². The molecule has 6 heteroatoms. The second kappa shape index (κ2) is 8.49. The predicted molar refractivity (Wildman–Crippen MR) is 102 cm³/mol. The van der Waals surface area contributed by atoms with Gasteiger partial charge in [0.15, 0.2) is 11.6 Å². The van der Waals surface area contributed by atoms with Gasteiger partial charge >= 0.3 is 0 Å². The molecule has 0 radical (unpaired) electrons. The summed E-state index contributed by atoms with van der Waals surface area (Å²) in [6.07, 6.45) is 2.70. The third-order valence-corrected chi connectivity index (χ3v) is 4.33. The molecule has 0 saturated carbocycles. The minimum Gasteiger partial charge on any atom is -0.494 e. The number of rotatable bonds is 7. The number of carbonyl (C=O) groups is 1. The van der Waals surface area contributed by atoms with Crippen molar-refractivity contribution in [1.29, 1.82) is 0 Å². The number of ether oxygens (including phenoxy) is 1. The van der Waals surface area contributed by atoms with Gasteiger partial charge in [0.1, 0.15) is 5.82 Å². The van der Waals surface area contributed by atoms with Crippen LogP contribution in [0.5, 0.6) is 5.75 Å². The van der Waals surface area contributed by atoms with Gasteiger partial charge in [0, 0.05) is 6.07 Å². The van der Waals surface area contributed by atoms with Crippen molar-refractivity contribution in [1.82, 2.24) is 9.78 Å². The highest BCUT2D eigenvalue weighted by molar-refractivity contribution is 5.91. The van der Waals surface area contributed by atoms with E-state index >= 15 is 0 Å². The first-order valence-electron chi connectivity index (χ1n) is 8.81. The Morgan fingerprint density at radius 1 is 1.11 bits per heavy atom. The zero-order valence-corrected chi connectivity index (χ0v) is 15.4. The highest BCUT2D eigenvalue weighted by Gasteiger charge is 2.11. The Morgan fingerprint density at radius 2 is 1.81 bits per heavy atom. The Morgan fingerprint density at radius 3 is 2.48 bits per heavy atom. The Labute approximate surface area is 157 Å². The van der Waals surface area contributed by atoms with Crippen LogP contribution < -0.4 is 10.1 Å². The van der Waals surface area contributed by atoms with E-state index in [1.807, 2.05) is 0 Å². The van der Waals surface area contributed by atoms with Crippen molar-refractivity contribution in [2.24, 2.45) is 0 Å². The molecule has 0 aliphatic rings.